The van der Waals surface area contributed by atoms with Gasteiger partial charge in [-0.05, 0) is 48.0 Å². The van der Waals surface area contributed by atoms with Crippen LogP contribution in [0.4, 0.5) is 21.8 Å². The fraction of sp³-hybridized carbons (Fsp3) is 0.0435. The summed E-state index contributed by atoms with van der Waals surface area (Å²) >= 11 is 0. The van der Waals surface area contributed by atoms with Gasteiger partial charge in [-0.3, -0.25) is 0 Å². The minimum absolute atomic E-state index is 0.257. The predicted octanol–water partition coefficient (Wildman–Crippen LogP) is 5.76. The minimum Gasteiger partial charge on any atom is -0.455 e. The topological polar surface area (TPSA) is 59.1 Å². The molecule has 0 aliphatic rings. The van der Waals surface area contributed by atoms with Gasteiger partial charge >= 0.3 is 0 Å². The molecule has 0 amide bonds. The Morgan fingerprint density at radius 1 is 0.828 bits per heavy atom. The lowest BCUT2D eigenvalue weighted by Gasteiger charge is -2.13. The number of para-hydroxylation sites is 3. The number of benzene rings is 3. The van der Waals surface area contributed by atoms with Crippen LogP contribution in [0.15, 0.2) is 91.1 Å². The number of nitrogens with zero attached hydrogens (tertiary/aromatic N) is 2. The molecule has 3 aromatic carbocycles. The lowest BCUT2D eigenvalue weighted by Crippen LogP contribution is -2.05. The van der Waals surface area contributed by atoms with Crippen molar-refractivity contribution >= 4 is 17.5 Å². The first kappa shape index (κ1) is 18.4. The zero-order chi connectivity index (χ0) is 19.9. The number of aromatic nitrogens is 2. The van der Waals surface area contributed by atoms with Crippen LogP contribution in [-0.2, 0) is 6.54 Å². The molecule has 0 aliphatic carbocycles. The molecule has 0 atom stereocenters. The summed E-state index contributed by atoms with van der Waals surface area (Å²) in [4.78, 5) is 8.72. The normalized spacial score (nSPS) is 10.4. The molecular weight excluding hydrogens is 367 g/mol. The molecule has 0 saturated heterocycles. The van der Waals surface area contributed by atoms with E-state index in [4.69, 9.17) is 4.74 Å². The van der Waals surface area contributed by atoms with Gasteiger partial charge < -0.3 is 15.4 Å². The van der Waals surface area contributed by atoms with Crippen LogP contribution < -0.4 is 15.4 Å². The van der Waals surface area contributed by atoms with Crippen molar-refractivity contribution in [3.63, 3.8) is 0 Å². The molecule has 0 spiro atoms. The van der Waals surface area contributed by atoms with Gasteiger partial charge in [0.15, 0.2) is 5.75 Å². The van der Waals surface area contributed by atoms with Crippen LogP contribution in [0.3, 0.4) is 0 Å². The summed E-state index contributed by atoms with van der Waals surface area (Å²) in [6.07, 6.45) is 1.67. The van der Waals surface area contributed by atoms with E-state index in [2.05, 4.69) is 20.6 Å². The van der Waals surface area contributed by atoms with Crippen LogP contribution in [0.1, 0.15) is 5.56 Å². The van der Waals surface area contributed by atoms with Crippen LogP contribution in [-0.4, -0.2) is 9.97 Å². The maximum atomic E-state index is 13.0. The van der Waals surface area contributed by atoms with Gasteiger partial charge in [-0.2, -0.15) is 4.98 Å². The van der Waals surface area contributed by atoms with E-state index in [-0.39, 0.29) is 5.82 Å². The van der Waals surface area contributed by atoms with Crippen molar-refractivity contribution in [2.24, 2.45) is 0 Å². The third-order valence-corrected chi connectivity index (χ3v) is 4.14. The Labute approximate surface area is 168 Å². The fourth-order valence-corrected chi connectivity index (χ4v) is 2.71. The number of hydrogen-bond donors (Lipinski definition) is 2. The van der Waals surface area contributed by atoms with Crippen molar-refractivity contribution in [1.82, 2.24) is 9.97 Å². The molecule has 0 aliphatic heterocycles. The lowest BCUT2D eigenvalue weighted by atomic mass is 10.2. The van der Waals surface area contributed by atoms with E-state index in [0.717, 1.165) is 17.0 Å². The van der Waals surface area contributed by atoms with Crippen molar-refractivity contribution in [2.45, 2.75) is 6.54 Å². The highest BCUT2D eigenvalue weighted by Gasteiger charge is 2.07. The van der Waals surface area contributed by atoms with Gasteiger partial charge in [0, 0.05) is 12.7 Å². The first-order valence-electron chi connectivity index (χ1n) is 9.16. The Morgan fingerprint density at radius 2 is 1.59 bits per heavy atom. The van der Waals surface area contributed by atoms with E-state index in [1.54, 1.807) is 24.4 Å². The van der Waals surface area contributed by atoms with Gasteiger partial charge in [0.1, 0.15) is 17.4 Å². The largest absolute Gasteiger partial charge is 0.455 e. The molecule has 5 nitrogen and oxygen atoms in total. The molecule has 6 heteroatoms. The number of hydrogen-bond acceptors (Lipinski definition) is 5. The Hall–Kier alpha value is -3.93. The second kappa shape index (κ2) is 8.84. The van der Waals surface area contributed by atoms with E-state index < -0.39 is 0 Å². The molecule has 4 rings (SSSR count). The van der Waals surface area contributed by atoms with Gasteiger partial charge in [-0.25, -0.2) is 9.37 Å². The smallest absolute Gasteiger partial charge is 0.224 e. The number of anilines is 3. The van der Waals surface area contributed by atoms with Crippen molar-refractivity contribution in [3.05, 3.63) is 103 Å². The van der Waals surface area contributed by atoms with Gasteiger partial charge in [-0.15, -0.1) is 0 Å². The number of halogens is 1. The van der Waals surface area contributed by atoms with Crippen molar-refractivity contribution in [1.29, 1.82) is 0 Å². The van der Waals surface area contributed by atoms with Crippen LogP contribution in [0.2, 0.25) is 0 Å². The SMILES string of the molecule is Fc1ccc(CNc2nccc(Nc3ccccc3Oc3ccccc3)n2)cc1. The van der Waals surface area contributed by atoms with Crippen LogP contribution >= 0.6 is 0 Å². The summed E-state index contributed by atoms with van der Waals surface area (Å²) in [6, 6.07) is 25.3. The molecular formula is C23H19FN4O. The lowest BCUT2D eigenvalue weighted by molar-refractivity contribution is 0.485. The maximum absolute atomic E-state index is 13.0. The minimum atomic E-state index is -0.257. The fourth-order valence-electron chi connectivity index (χ4n) is 2.71. The molecule has 144 valence electrons. The number of rotatable bonds is 7. The highest BCUT2D eigenvalue weighted by atomic mass is 19.1. The molecule has 1 heterocycles. The van der Waals surface area contributed by atoms with Crippen LogP contribution in [0.25, 0.3) is 0 Å². The number of ether oxygens (including phenoxy) is 1. The third-order valence-electron chi connectivity index (χ3n) is 4.14. The molecule has 0 saturated carbocycles. The van der Waals surface area contributed by atoms with Crippen molar-refractivity contribution in [3.8, 4) is 11.5 Å². The Morgan fingerprint density at radius 3 is 2.41 bits per heavy atom. The van der Waals surface area contributed by atoms with Gasteiger partial charge in [0.25, 0.3) is 0 Å². The molecule has 0 bridgehead atoms. The van der Waals surface area contributed by atoms with Gasteiger partial charge in [0.05, 0.1) is 5.69 Å². The van der Waals surface area contributed by atoms with Crippen LogP contribution in [0, 0.1) is 5.82 Å². The predicted molar refractivity (Wildman–Crippen MR) is 112 cm³/mol. The maximum Gasteiger partial charge on any atom is 0.224 e. The van der Waals surface area contributed by atoms with E-state index >= 15 is 0 Å². The van der Waals surface area contributed by atoms with Gasteiger partial charge in [-0.1, -0.05) is 42.5 Å². The van der Waals surface area contributed by atoms with Crippen LogP contribution in [0.5, 0.6) is 11.5 Å². The van der Waals surface area contributed by atoms with Crippen molar-refractivity contribution < 1.29 is 9.13 Å². The standard InChI is InChI=1S/C23H19FN4O/c24-18-12-10-17(11-13-18)16-26-23-25-15-14-22(28-23)27-20-8-4-5-9-21(20)29-19-6-2-1-3-7-19/h1-15H,16H2,(H2,25,26,27,28). The molecule has 0 unspecified atom stereocenters. The number of nitrogens with one attached hydrogen (secondary N) is 2. The third kappa shape index (κ3) is 5.07. The second-order valence-electron chi connectivity index (χ2n) is 6.28. The summed E-state index contributed by atoms with van der Waals surface area (Å²) in [5.41, 5.74) is 1.73. The zero-order valence-corrected chi connectivity index (χ0v) is 15.5. The summed E-state index contributed by atoms with van der Waals surface area (Å²) in [5.74, 6) is 2.29. The second-order valence-corrected chi connectivity index (χ2v) is 6.28. The summed E-state index contributed by atoms with van der Waals surface area (Å²) < 4.78 is 19.0. The molecule has 0 fully saturated rings. The summed E-state index contributed by atoms with van der Waals surface area (Å²) in [5, 5.41) is 6.42. The first-order valence-corrected chi connectivity index (χ1v) is 9.16. The molecule has 1 aromatic heterocycles. The monoisotopic (exact) mass is 386 g/mol. The van der Waals surface area contributed by atoms with Crippen molar-refractivity contribution in [2.75, 3.05) is 10.6 Å². The quantitative estimate of drug-likeness (QED) is 0.423. The highest BCUT2D eigenvalue weighted by molar-refractivity contribution is 5.65. The Bertz CT molecular complexity index is 1070. The molecule has 29 heavy (non-hydrogen) atoms. The summed E-state index contributed by atoms with van der Waals surface area (Å²) in [7, 11) is 0. The van der Waals surface area contributed by atoms with E-state index in [1.165, 1.54) is 12.1 Å². The van der Waals surface area contributed by atoms with E-state index in [9.17, 15) is 4.39 Å². The molecule has 0 radical (unpaired) electrons. The summed E-state index contributed by atoms with van der Waals surface area (Å²) in [6.45, 7) is 0.497. The zero-order valence-electron chi connectivity index (χ0n) is 15.5. The molecule has 2 N–H and O–H groups in total. The first-order chi connectivity index (χ1) is 14.3. The highest BCUT2D eigenvalue weighted by Crippen LogP contribution is 2.31. The average Bonchev–Trinajstić information content (AvgIpc) is 2.76. The van der Waals surface area contributed by atoms with E-state index in [1.807, 2.05) is 54.6 Å². The Kier molecular flexibility index (Phi) is 5.62. The average molecular weight is 386 g/mol. The van der Waals surface area contributed by atoms with E-state index in [0.29, 0.717) is 24.1 Å². The molecule has 4 aromatic rings. The van der Waals surface area contributed by atoms with Gasteiger partial charge in [0.2, 0.25) is 5.95 Å². The Balaban J connectivity index is 1.46.